The summed E-state index contributed by atoms with van der Waals surface area (Å²) in [6.07, 6.45) is 0. The van der Waals surface area contributed by atoms with Crippen molar-refractivity contribution in [1.29, 1.82) is 0 Å². The molecule has 0 fully saturated rings. The Labute approximate surface area is 112 Å². The number of phenolic OH excluding ortho intramolecular Hbond substituents is 1. The maximum atomic E-state index is 10.0. The number of ether oxygens (including phenoxy) is 1. The third-order valence-electron chi connectivity index (χ3n) is 3.10. The molecule has 2 aromatic rings. The zero-order valence-electron chi connectivity index (χ0n) is 11.1. The van der Waals surface area contributed by atoms with Crippen molar-refractivity contribution in [3.05, 3.63) is 54.1 Å². The highest BCUT2D eigenvalue weighted by molar-refractivity contribution is 5.53. The van der Waals surface area contributed by atoms with Crippen LogP contribution in [0.4, 0.5) is 11.4 Å². The molecule has 100 valence electrons. The molecule has 0 spiro atoms. The van der Waals surface area contributed by atoms with Gasteiger partial charge in [-0.25, -0.2) is 0 Å². The molecule has 2 aromatic carbocycles. The van der Waals surface area contributed by atoms with Crippen molar-refractivity contribution >= 4 is 11.4 Å². The molecule has 19 heavy (non-hydrogen) atoms. The highest BCUT2D eigenvalue weighted by atomic mass is 16.5. The number of hydrogen-bond acceptors (Lipinski definition) is 4. The predicted molar refractivity (Wildman–Crippen MR) is 76.9 cm³/mol. The van der Waals surface area contributed by atoms with Gasteiger partial charge in [-0.2, -0.15) is 0 Å². The van der Waals surface area contributed by atoms with E-state index in [2.05, 4.69) is 5.32 Å². The zero-order valence-corrected chi connectivity index (χ0v) is 11.1. The minimum Gasteiger partial charge on any atom is -0.507 e. The molecule has 0 aliphatic heterocycles. The van der Waals surface area contributed by atoms with Gasteiger partial charge in [-0.15, -0.1) is 0 Å². The topological polar surface area (TPSA) is 67.5 Å². The Morgan fingerprint density at radius 1 is 1.16 bits per heavy atom. The molecule has 0 aromatic heterocycles. The van der Waals surface area contributed by atoms with Gasteiger partial charge >= 0.3 is 0 Å². The summed E-state index contributed by atoms with van der Waals surface area (Å²) < 4.78 is 5.54. The molecule has 0 aliphatic rings. The molecule has 0 amide bonds. The molecule has 0 bridgehead atoms. The lowest BCUT2D eigenvalue weighted by molar-refractivity contribution is 0.0260. The van der Waals surface area contributed by atoms with Gasteiger partial charge in [0.1, 0.15) is 5.75 Å². The van der Waals surface area contributed by atoms with Crippen molar-refractivity contribution in [3.8, 4) is 5.75 Å². The maximum absolute atomic E-state index is 10.0. The van der Waals surface area contributed by atoms with E-state index in [9.17, 15) is 5.11 Å². The smallest absolute Gasteiger partial charge is 0.165 e. The van der Waals surface area contributed by atoms with Crippen LogP contribution in [0.2, 0.25) is 0 Å². The number of benzene rings is 2. The number of nitrogen functional groups attached to an aromatic ring is 1. The van der Waals surface area contributed by atoms with Crippen LogP contribution >= 0.6 is 0 Å². The number of nitrogens with one attached hydrogen (secondary N) is 1. The first-order valence-electron chi connectivity index (χ1n) is 6.02. The molecule has 4 N–H and O–H groups in total. The second kappa shape index (κ2) is 5.20. The fourth-order valence-corrected chi connectivity index (χ4v) is 1.96. The molecule has 2 rings (SSSR count). The van der Waals surface area contributed by atoms with Gasteiger partial charge in [0.15, 0.2) is 5.72 Å². The van der Waals surface area contributed by atoms with Crippen LogP contribution in [-0.2, 0) is 10.5 Å². The molecule has 4 nitrogen and oxygen atoms in total. The van der Waals surface area contributed by atoms with E-state index in [-0.39, 0.29) is 5.75 Å². The summed E-state index contributed by atoms with van der Waals surface area (Å²) in [5.41, 5.74) is 6.99. The van der Waals surface area contributed by atoms with Crippen molar-refractivity contribution in [2.24, 2.45) is 0 Å². The number of aromatic hydroxyl groups is 1. The van der Waals surface area contributed by atoms with E-state index in [4.69, 9.17) is 10.5 Å². The van der Waals surface area contributed by atoms with E-state index in [1.165, 1.54) is 0 Å². The Bertz CT molecular complexity index is 557. The molecule has 0 heterocycles. The second-order valence-electron chi connectivity index (χ2n) is 4.50. The van der Waals surface area contributed by atoms with Gasteiger partial charge < -0.3 is 20.9 Å². The summed E-state index contributed by atoms with van der Waals surface area (Å²) >= 11 is 0. The van der Waals surface area contributed by atoms with E-state index < -0.39 is 5.72 Å². The summed E-state index contributed by atoms with van der Waals surface area (Å²) in [7, 11) is 1.58. The van der Waals surface area contributed by atoms with E-state index >= 15 is 0 Å². The number of hydrogen-bond donors (Lipinski definition) is 3. The highest BCUT2D eigenvalue weighted by Crippen LogP contribution is 2.34. The van der Waals surface area contributed by atoms with Crippen molar-refractivity contribution in [3.63, 3.8) is 0 Å². The van der Waals surface area contributed by atoms with E-state index in [1.54, 1.807) is 25.3 Å². The minimum atomic E-state index is -0.860. The molecular formula is C15H18N2O2. The van der Waals surface area contributed by atoms with Crippen LogP contribution in [0.1, 0.15) is 12.5 Å². The van der Waals surface area contributed by atoms with Gasteiger partial charge in [0, 0.05) is 24.0 Å². The number of para-hydroxylation sites is 1. The summed E-state index contributed by atoms with van der Waals surface area (Å²) in [6.45, 7) is 1.84. The Kier molecular flexibility index (Phi) is 3.62. The highest BCUT2D eigenvalue weighted by Gasteiger charge is 2.29. The van der Waals surface area contributed by atoms with Gasteiger partial charge in [-0.3, -0.25) is 0 Å². The molecular weight excluding hydrogens is 240 g/mol. The lowest BCUT2D eigenvalue weighted by atomic mass is 10.0. The Balaban J connectivity index is 2.39. The van der Waals surface area contributed by atoms with E-state index in [0.717, 1.165) is 5.69 Å². The SMILES string of the molecule is COC(C)(Nc1ccccc1)c1cc(N)ccc1O. The molecule has 0 radical (unpaired) electrons. The van der Waals surface area contributed by atoms with Crippen molar-refractivity contribution in [1.82, 2.24) is 0 Å². The number of methoxy groups -OCH3 is 1. The van der Waals surface area contributed by atoms with Crippen molar-refractivity contribution < 1.29 is 9.84 Å². The predicted octanol–water partition coefficient (Wildman–Crippen LogP) is 2.91. The Morgan fingerprint density at radius 2 is 1.84 bits per heavy atom. The number of nitrogens with two attached hydrogens (primary N) is 1. The first-order valence-corrected chi connectivity index (χ1v) is 6.02. The van der Waals surface area contributed by atoms with Crippen LogP contribution < -0.4 is 11.1 Å². The Hall–Kier alpha value is -2.20. The number of phenols is 1. The second-order valence-corrected chi connectivity index (χ2v) is 4.50. The van der Waals surface area contributed by atoms with Crippen molar-refractivity contribution in [2.75, 3.05) is 18.2 Å². The molecule has 0 saturated carbocycles. The van der Waals surface area contributed by atoms with Gasteiger partial charge in [-0.1, -0.05) is 18.2 Å². The summed E-state index contributed by atoms with van der Waals surface area (Å²) in [6, 6.07) is 14.6. The van der Waals surface area contributed by atoms with Gasteiger partial charge in [0.25, 0.3) is 0 Å². The van der Waals surface area contributed by atoms with Crippen LogP contribution in [0.5, 0.6) is 5.75 Å². The fourth-order valence-electron chi connectivity index (χ4n) is 1.96. The first-order chi connectivity index (χ1) is 9.05. The van der Waals surface area contributed by atoms with Crippen LogP contribution in [0.3, 0.4) is 0 Å². The average molecular weight is 258 g/mol. The Morgan fingerprint density at radius 3 is 2.47 bits per heavy atom. The zero-order chi connectivity index (χ0) is 13.9. The lowest BCUT2D eigenvalue weighted by Gasteiger charge is -2.31. The largest absolute Gasteiger partial charge is 0.507 e. The van der Waals surface area contributed by atoms with Crippen LogP contribution in [0, 0.1) is 0 Å². The minimum absolute atomic E-state index is 0.141. The third kappa shape index (κ3) is 2.80. The lowest BCUT2D eigenvalue weighted by Crippen LogP contribution is -2.34. The molecule has 1 unspecified atom stereocenters. The number of anilines is 2. The van der Waals surface area contributed by atoms with E-state index in [1.807, 2.05) is 37.3 Å². The average Bonchev–Trinajstić information content (AvgIpc) is 2.42. The monoisotopic (exact) mass is 258 g/mol. The maximum Gasteiger partial charge on any atom is 0.165 e. The first kappa shape index (κ1) is 13.2. The molecule has 0 saturated heterocycles. The standard InChI is InChI=1S/C15H18N2O2/c1-15(19-2,17-12-6-4-3-5-7-12)13-10-11(16)8-9-14(13)18/h3-10,17-18H,16H2,1-2H3. The van der Waals surface area contributed by atoms with Gasteiger partial charge in [0.05, 0.1) is 0 Å². The van der Waals surface area contributed by atoms with Gasteiger partial charge in [0.2, 0.25) is 0 Å². The van der Waals surface area contributed by atoms with Crippen LogP contribution in [-0.4, -0.2) is 12.2 Å². The molecule has 4 heteroatoms. The molecule has 0 aliphatic carbocycles. The normalized spacial score (nSPS) is 13.8. The summed E-state index contributed by atoms with van der Waals surface area (Å²) in [5.74, 6) is 0.141. The van der Waals surface area contributed by atoms with Gasteiger partial charge in [-0.05, 0) is 37.3 Å². The van der Waals surface area contributed by atoms with Crippen LogP contribution in [0.25, 0.3) is 0 Å². The number of rotatable bonds is 4. The third-order valence-corrected chi connectivity index (χ3v) is 3.10. The summed E-state index contributed by atoms with van der Waals surface area (Å²) in [4.78, 5) is 0. The molecule has 1 atom stereocenters. The van der Waals surface area contributed by atoms with Crippen molar-refractivity contribution in [2.45, 2.75) is 12.6 Å². The fraction of sp³-hybridized carbons (Fsp3) is 0.200. The van der Waals surface area contributed by atoms with Crippen LogP contribution in [0.15, 0.2) is 48.5 Å². The summed E-state index contributed by atoms with van der Waals surface area (Å²) in [5, 5.41) is 13.3. The van der Waals surface area contributed by atoms with E-state index in [0.29, 0.717) is 11.3 Å². The quantitative estimate of drug-likeness (QED) is 0.448.